The van der Waals surface area contributed by atoms with Gasteiger partial charge in [-0.05, 0) is 12.5 Å². The molecule has 0 saturated carbocycles. The molecule has 1 aliphatic heterocycles. The first-order valence-corrected chi connectivity index (χ1v) is 6.96. The monoisotopic (exact) mass is 286 g/mol. The second-order valence-electron chi connectivity index (χ2n) is 5.28. The summed E-state index contributed by atoms with van der Waals surface area (Å²) in [6.07, 6.45) is 0.105. The van der Waals surface area contributed by atoms with Crippen molar-refractivity contribution in [3.05, 3.63) is 41.2 Å². The summed E-state index contributed by atoms with van der Waals surface area (Å²) in [6.45, 7) is 3.66. The summed E-state index contributed by atoms with van der Waals surface area (Å²) in [7, 11) is 1.37. The molecule has 0 spiro atoms. The zero-order chi connectivity index (χ0) is 14.8. The highest BCUT2D eigenvalue weighted by Gasteiger charge is 2.23. The lowest BCUT2D eigenvalue weighted by Gasteiger charge is -2.24. The van der Waals surface area contributed by atoms with E-state index in [1.165, 1.54) is 18.2 Å². The van der Waals surface area contributed by atoms with Crippen LogP contribution in [-0.2, 0) is 22.5 Å². The number of aromatic nitrogens is 3. The molecule has 0 radical (unpaired) electrons. The quantitative estimate of drug-likeness (QED) is 0.866. The van der Waals surface area contributed by atoms with Crippen molar-refractivity contribution in [3.8, 4) is 0 Å². The number of fused-ring (bicyclic) bond motifs is 1. The van der Waals surface area contributed by atoms with Gasteiger partial charge in [-0.15, -0.1) is 0 Å². The molecular formula is C15H18N4O2. The Morgan fingerprint density at radius 3 is 2.90 bits per heavy atom. The van der Waals surface area contributed by atoms with Crippen LogP contribution in [0.5, 0.6) is 0 Å². The minimum atomic E-state index is -0.326. The lowest BCUT2D eigenvalue weighted by Crippen LogP contribution is -2.26. The van der Waals surface area contributed by atoms with Gasteiger partial charge in [-0.25, -0.2) is 4.68 Å². The molecule has 1 aromatic carbocycles. The van der Waals surface area contributed by atoms with Crippen molar-refractivity contribution in [1.29, 1.82) is 0 Å². The number of esters is 1. The maximum Gasteiger partial charge on any atom is 0.313 e. The Kier molecular flexibility index (Phi) is 3.60. The molecule has 1 atom stereocenters. The number of anilines is 1. The number of carbonyl (C=O) groups excluding carboxylic acids is 1. The Labute approximate surface area is 123 Å². The number of rotatable bonds is 3. The molecule has 1 aromatic heterocycles. The van der Waals surface area contributed by atoms with Crippen molar-refractivity contribution in [2.75, 3.05) is 19.0 Å². The predicted octanol–water partition coefficient (Wildman–Crippen LogP) is 1.51. The average Bonchev–Trinajstić information content (AvgIpc) is 2.89. The van der Waals surface area contributed by atoms with Gasteiger partial charge in [0.15, 0.2) is 5.82 Å². The first kappa shape index (κ1) is 13.6. The van der Waals surface area contributed by atoms with Crippen molar-refractivity contribution in [1.82, 2.24) is 14.8 Å². The van der Waals surface area contributed by atoms with Crippen molar-refractivity contribution in [2.24, 2.45) is 0 Å². The maximum absolute atomic E-state index is 11.3. The van der Waals surface area contributed by atoms with Gasteiger partial charge in [0.2, 0.25) is 5.95 Å². The van der Waals surface area contributed by atoms with Crippen LogP contribution >= 0.6 is 0 Å². The molecule has 0 amide bonds. The molecule has 1 aliphatic rings. The van der Waals surface area contributed by atoms with E-state index in [4.69, 9.17) is 0 Å². The molecule has 0 aliphatic carbocycles. The van der Waals surface area contributed by atoms with E-state index >= 15 is 0 Å². The van der Waals surface area contributed by atoms with Gasteiger partial charge >= 0.3 is 5.97 Å². The Bertz CT molecular complexity index is 648. The summed E-state index contributed by atoms with van der Waals surface area (Å²) in [6, 6.07) is 8.54. The van der Waals surface area contributed by atoms with Crippen molar-refractivity contribution >= 4 is 11.9 Å². The van der Waals surface area contributed by atoms with Crippen LogP contribution < -0.4 is 5.32 Å². The minimum Gasteiger partial charge on any atom is -0.469 e. The summed E-state index contributed by atoms with van der Waals surface area (Å²) in [5, 5.41) is 7.65. The topological polar surface area (TPSA) is 69.0 Å². The summed E-state index contributed by atoms with van der Waals surface area (Å²) in [5.41, 5.74) is 2.54. The van der Waals surface area contributed by atoms with Crippen LogP contribution in [0, 0.1) is 6.92 Å². The van der Waals surface area contributed by atoms with Gasteiger partial charge in [0.05, 0.1) is 13.7 Å². The van der Waals surface area contributed by atoms with Gasteiger partial charge in [-0.2, -0.15) is 10.1 Å². The number of nitrogens with zero attached hydrogens (tertiary/aromatic N) is 3. The number of nitrogens with one attached hydrogen (secondary N) is 1. The molecule has 21 heavy (non-hydrogen) atoms. The lowest BCUT2D eigenvalue weighted by molar-refractivity contribution is -0.139. The summed E-state index contributed by atoms with van der Waals surface area (Å²) in [4.78, 5) is 15.6. The molecule has 1 N–H and O–H groups in total. The Hall–Kier alpha value is -2.37. The third kappa shape index (κ3) is 2.89. The van der Waals surface area contributed by atoms with Gasteiger partial charge in [-0.1, -0.05) is 29.8 Å². The Balaban J connectivity index is 1.76. The lowest BCUT2D eigenvalue weighted by atomic mass is 9.97. The second kappa shape index (κ2) is 5.55. The Morgan fingerprint density at radius 1 is 1.43 bits per heavy atom. The van der Waals surface area contributed by atoms with E-state index in [0.717, 1.165) is 19.0 Å². The van der Waals surface area contributed by atoms with E-state index in [1.807, 2.05) is 4.68 Å². The van der Waals surface area contributed by atoms with Crippen LogP contribution in [0.2, 0.25) is 0 Å². The molecule has 0 saturated heterocycles. The van der Waals surface area contributed by atoms with Crippen LogP contribution in [0.1, 0.15) is 22.9 Å². The van der Waals surface area contributed by atoms with Gasteiger partial charge in [0.1, 0.15) is 6.42 Å². The van der Waals surface area contributed by atoms with E-state index in [2.05, 4.69) is 51.3 Å². The zero-order valence-corrected chi connectivity index (χ0v) is 12.2. The van der Waals surface area contributed by atoms with E-state index in [9.17, 15) is 4.79 Å². The highest BCUT2D eigenvalue weighted by Crippen LogP contribution is 2.24. The minimum absolute atomic E-state index is 0.105. The summed E-state index contributed by atoms with van der Waals surface area (Å²) < 4.78 is 6.46. The normalized spacial score (nSPS) is 17.0. The molecule has 0 fully saturated rings. The number of hydrogen-bond acceptors (Lipinski definition) is 5. The van der Waals surface area contributed by atoms with Gasteiger partial charge in [0.25, 0.3) is 0 Å². The average molecular weight is 286 g/mol. The molecule has 2 aromatic rings. The molecule has 2 heterocycles. The fraction of sp³-hybridized carbons (Fsp3) is 0.400. The molecule has 1 unspecified atom stereocenters. The van der Waals surface area contributed by atoms with E-state index in [0.29, 0.717) is 11.7 Å². The fourth-order valence-corrected chi connectivity index (χ4v) is 2.47. The third-order valence-corrected chi connectivity index (χ3v) is 3.69. The smallest absolute Gasteiger partial charge is 0.313 e. The predicted molar refractivity (Wildman–Crippen MR) is 78.2 cm³/mol. The van der Waals surface area contributed by atoms with E-state index in [1.54, 1.807) is 0 Å². The number of ether oxygens (including phenoxy) is 1. The Morgan fingerprint density at radius 2 is 2.19 bits per heavy atom. The zero-order valence-electron chi connectivity index (χ0n) is 12.2. The number of hydrogen-bond donors (Lipinski definition) is 1. The standard InChI is InChI=1S/C15H18N4O2/c1-10-3-5-11(6-4-10)12-8-16-15-17-13(7-14(20)21-2)18-19(15)9-12/h3-6,12H,7-9H2,1-2H3,(H,16,17,18). The van der Waals surface area contributed by atoms with Crippen molar-refractivity contribution in [3.63, 3.8) is 0 Å². The SMILES string of the molecule is COC(=O)Cc1nc2n(n1)CC(c1ccc(C)cc1)CN2. The molecule has 3 rings (SSSR count). The van der Waals surface area contributed by atoms with Crippen LogP contribution in [0.4, 0.5) is 5.95 Å². The highest BCUT2D eigenvalue weighted by atomic mass is 16.5. The molecular weight excluding hydrogens is 268 g/mol. The maximum atomic E-state index is 11.3. The van der Waals surface area contributed by atoms with Gasteiger partial charge in [0, 0.05) is 12.5 Å². The van der Waals surface area contributed by atoms with Crippen LogP contribution in [0.25, 0.3) is 0 Å². The van der Waals surface area contributed by atoms with Crippen LogP contribution in [0.15, 0.2) is 24.3 Å². The fourth-order valence-electron chi connectivity index (χ4n) is 2.47. The number of benzene rings is 1. The molecule has 6 nitrogen and oxygen atoms in total. The van der Waals surface area contributed by atoms with Gasteiger partial charge < -0.3 is 10.1 Å². The van der Waals surface area contributed by atoms with E-state index < -0.39 is 0 Å². The summed E-state index contributed by atoms with van der Waals surface area (Å²) >= 11 is 0. The van der Waals surface area contributed by atoms with Crippen LogP contribution in [0.3, 0.4) is 0 Å². The van der Waals surface area contributed by atoms with E-state index in [-0.39, 0.29) is 12.4 Å². The largest absolute Gasteiger partial charge is 0.469 e. The first-order valence-electron chi connectivity index (χ1n) is 6.96. The molecule has 6 heteroatoms. The number of carbonyl (C=O) groups is 1. The first-order chi connectivity index (χ1) is 10.2. The third-order valence-electron chi connectivity index (χ3n) is 3.69. The second-order valence-corrected chi connectivity index (χ2v) is 5.28. The number of methoxy groups -OCH3 is 1. The highest BCUT2D eigenvalue weighted by molar-refractivity contribution is 5.71. The molecule has 110 valence electrons. The van der Waals surface area contributed by atoms with Crippen molar-refractivity contribution < 1.29 is 9.53 Å². The van der Waals surface area contributed by atoms with Gasteiger partial charge in [-0.3, -0.25) is 4.79 Å². The summed E-state index contributed by atoms with van der Waals surface area (Å²) in [5.74, 6) is 1.24. The van der Waals surface area contributed by atoms with Crippen molar-refractivity contribution in [2.45, 2.75) is 25.8 Å². The number of aryl methyl sites for hydroxylation is 1. The van der Waals surface area contributed by atoms with Crippen LogP contribution in [-0.4, -0.2) is 34.4 Å². The molecule has 0 bridgehead atoms.